The van der Waals surface area contributed by atoms with Gasteiger partial charge in [-0.2, -0.15) is 0 Å². The predicted molar refractivity (Wildman–Crippen MR) is 134 cm³/mol. The summed E-state index contributed by atoms with van der Waals surface area (Å²) in [6.07, 6.45) is 8.29. The van der Waals surface area contributed by atoms with Gasteiger partial charge in [-0.05, 0) is 43.5 Å². The molecule has 5 heteroatoms. The second-order valence-corrected chi connectivity index (χ2v) is 8.96. The molecule has 0 atom stereocenters. The van der Waals surface area contributed by atoms with Gasteiger partial charge in [-0.1, -0.05) is 78.2 Å². The van der Waals surface area contributed by atoms with Crippen LogP contribution < -0.4 is 0 Å². The molecule has 1 aromatic heterocycles. The SMILES string of the molecule is CCCCn1cc(CN2C/C(=C/c3ccc(C)cc3)C(=O)/C(=C/c3ccc(C)cc3)C2)nn1. The first-order valence-corrected chi connectivity index (χ1v) is 11.7. The van der Waals surface area contributed by atoms with Crippen molar-refractivity contribution in [1.82, 2.24) is 19.9 Å². The fourth-order valence-corrected chi connectivity index (χ4v) is 4.02. The molecule has 1 saturated heterocycles. The number of hydrogen-bond donors (Lipinski definition) is 0. The molecule has 1 aliphatic heterocycles. The molecule has 0 unspecified atom stereocenters. The minimum atomic E-state index is 0.124. The normalized spacial score (nSPS) is 17.2. The lowest BCUT2D eigenvalue weighted by molar-refractivity contribution is -0.113. The maximum Gasteiger partial charge on any atom is 0.187 e. The van der Waals surface area contributed by atoms with Crippen molar-refractivity contribution in [3.05, 3.63) is 93.8 Å². The molecule has 170 valence electrons. The van der Waals surface area contributed by atoms with Crippen LogP contribution in [-0.2, 0) is 17.9 Å². The van der Waals surface area contributed by atoms with Crippen LogP contribution in [0.1, 0.15) is 47.7 Å². The van der Waals surface area contributed by atoms with Gasteiger partial charge in [0.1, 0.15) is 0 Å². The Balaban J connectivity index is 1.61. The van der Waals surface area contributed by atoms with Crippen LogP contribution in [0.3, 0.4) is 0 Å². The Bertz CT molecular complexity index is 1090. The van der Waals surface area contributed by atoms with E-state index in [1.165, 1.54) is 11.1 Å². The number of benzene rings is 2. The first-order valence-electron chi connectivity index (χ1n) is 11.7. The van der Waals surface area contributed by atoms with E-state index < -0.39 is 0 Å². The van der Waals surface area contributed by atoms with Gasteiger partial charge in [0.05, 0.1) is 5.69 Å². The minimum Gasteiger partial charge on any atom is -0.289 e. The quantitative estimate of drug-likeness (QED) is 0.471. The highest BCUT2D eigenvalue weighted by Crippen LogP contribution is 2.23. The second kappa shape index (κ2) is 10.5. The number of aromatic nitrogens is 3. The number of likely N-dealkylation sites (tertiary alicyclic amines) is 1. The monoisotopic (exact) mass is 440 g/mol. The van der Waals surface area contributed by atoms with Gasteiger partial charge < -0.3 is 0 Å². The molecule has 33 heavy (non-hydrogen) atoms. The molecular formula is C28H32N4O. The largest absolute Gasteiger partial charge is 0.289 e. The lowest BCUT2D eigenvalue weighted by atomic mass is 9.94. The molecule has 4 rings (SSSR count). The van der Waals surface area contributed by atoms with Crippen LogP contribution >= 0.6 is 0 Å². The standard InChI is InChI=1S/C28H32N4O/c1-4-5-14-32-20-27(29-30-32)19-31-17-25(15-23-10-6-21(2)7-11-23)28(33)26(18-31)16-24-12-8-22(3)9-13-24/h6-13,15-16,20H,4-5,14,17-19H2,1-3H3/b25-15-,26-16+. The third-order valence-corrected chi connectivity index (χ3v) is 5.92. The Morgan fingerprint density at radius 2 is 1.42 bits per heavy atom. The highest BCUT2D eigenvalue weighted by atomic mass is 16.1. The van der Waals surface area contributed by atoms with Crippen molar-refractivity contribution in [2.24, 2.45) is 0 Å². The van der Waals surface area contributed by atoms with Gasteiger partial charge in [-0.25, -0.2) is 0 Å². The molecule has 3 aromatic rings. The Hall–Kier alpha value is -3.31. The number of ketones is 1. The number of Topliss-reactive ketones (excluding diaryl/α,β-unsaturated/α-hetero) is 1. The molecule has 1 fully saturated rings. The second-order valence-electron chi connectivity index (χ2n) is 8.96. The van der Waals surface area contributed by atoms with E-state index in [0.717, 1.165) is 47.4 Å². The number of rotatable bonds is 7. The number of aryl methyl sites for hydroxylation is 3. The van der Waals surface area contributed by atoms with E-state index in [9.17, 15) is 4.79 Å². The third-order valence-electron chi connectivity index (χ3n) is 5.92. The Morgan fingerprint density at radius 1 is 0.879 bits per heavy atom. The van der Waals surface area contributed by atoms with E-state index in [1.807, 2.05) is 23.0 Å². The van der Waals surface area contributed by atoms with Crippen LogP contribution in [-0.4, -0.2) is 38.8 Å². The summed E-state index contributed by atoms with van der Waals surface area (Å²) < 4.78 is 1.92. The van der Waals surface area contributed by atoms with Gasteiger partial charge in [0, 0.05) is 43.5 Å². The zero-order chi connectivity index (χ0) is 23.2. The maximum absolute atomic E-state index is 13.4. The highest BCUT2D eigenvalue weighted by molar-refractivity contribution is 6.14. The van der Waals surface area contributed by atoms with E-state index in [-0.39, 0.29) is 5.78 Å². The molecule has 0 aliphatic carbocycles. The smallest absolute Gasteiger partial charge is 0.187 e. The van der Waals surface area contributed by atoms with Gasteiger partial charge in [0.15, 0.2) is 5.78 Å². The van der Waals surface area contributed by atoms with E-state index in [4.69, 9.17) is 0 Å². The van der Waals surface area contributed by atoms with E-state index in [2.05, 4.69) is 84.5 Å². The lowest BCUT2D eigenvalue weighted by Crippen LogP contribution is -2.37. The van der Waals surface area contributed by atoms with Crippen LogP contribution in [0, 0.1) is 13.8 Å². The molecule has 0 bridgehead atoms. The minimum absolute atomic E-state index is 0.124. The number of hydrogen-bond acceptors (Lipinski definition) is 4. The lowest BCUT2D eigenvalue weighted by Gasteiger charge is -2.29. The summed E-state index contributed by atoms with van der Waals surface area (Å²) in [5.41, 5.74) is 7.06. The molecule has 2 aromatic carbocycles. The Labute approximate surface area is 196 Å². The summed E-state index contributed by atoms with van der Waals surface area (Å²) in [7, 11) is 0. The van der Waals surface area contributed by atoms with E-state index in [0.29, 0.717) is 19.6 Å². The first-order chi connectivity index (χ1) is 16.0. The van der Waals surface area contributed by atoms with Crippen LogP contribution in [0.2, 0.25) is 0 Å². The average Bonchev–Trinajstić information content (AvgIpc) is 3.25. The zero-order valence-corrected chi connectivity index (χ0v) is 19.8. The fourth-order valence-electron chi connectivity index (χ4n) is 4.02. The molecule has 0 radical (unpaired) electrons. The number of carbonyl (C=O) groups excluding carboxylic acids is 1. The molecule has 0 spiro atoms. The van der Waals surface area contributed by atoms with Gasteiger partial charge in [0.2, 0.25) is 0 Å². The predicted octanol–water partition coefficient (Wildman–Crippen LogP) is 5.25. The van der Waals surface area contributed by atoms with Crippen molar-refractivity contribution in [1.29, 1.82) is 0 Å². The molecular weight excluding hydrogens is 408 g/mol. The van der Waals surface area contributed by atoms with Crippen LogP contribution in [0.25, 0.3) is 12.2 Å². The van der Waals surface area contributed by atoms with Crippen molar-refractivity contribution in [2.75, 3.05) is 13.1 Å². The van der Waals surface area contributed by atoms with Crippen molar-refractivity contribution in [2.45, 2.75) is 46.7 Å². The summed E-state index contributed by atoms with van der Waals surface area (Å²) in [4.78, 5) is 15.7. The summed E-state index contributed by atoms with van der Waals surface area (Å²) in [6.45, 7) is 9.06. The third kappa shape index (κ3) is 6.14. The van der Waals surface area contributed by atoms with Crippen LogP contribution in [0.5, 0.6) is 0 Å². The van der Waals surface area contributed by atoms with Gasteiger partial charge in [0.25, 0.3) is 0 Å². The molecule has 0 saturated carbocycles. The average molecular weight is 441 g/mol. The Kier molecular flexibility index (Phi) is 7.30. The number of carbonyl (C=O) groups is 1. The summed E-state index contributed by atoms with van der Waals surface area (Å²) in [6, 6.07) is 16.6. The number of unbranched alkanes of at least 4 members (excludes halogenated alkanes) is 1. The maximum atomic E-state index is 13.4. The van der Waals surface area contributed by atoms with Gasteiger partial charge in [-0.3, -0.25) is 14.4 Å². The summed E-state index contributed by atoms with van der Waals surface area (Å²) in [5.74, 6) is 0.124. The van der Waals surface area contributed by atoms with Crippen molar-refractivity contribution in [3.8, 4) is 0 Å². The molecule has 0 N–H and O–H groups in total. The zero-order valence-electron chi connectivity index (χ0n) is 19.8. The van der Waals surface area contributed by atoms with Crippen LogP contribution in [0.15, 0.2) is 65.9 Å². The Morgan fingerprint density at radius 3 is 1.94 bits per heavy atom. The van der Waals surface area contributed by atoms with E-state index >= 15 is 0 Å². The number of nitrogens with zero attached hydrogens (tertiary/aromatic N) is 4. The summed E-state index contributed by atoms with van der Waals surface area (Å²) >= 11 is 0. The molecule has 2 heterocycles. The molecule has 1 aliphatic rings. The van der Waals surface area contributed by atoms with Gasteiger partial charge >= 0.3 is 0 Å². The van der Waals surface area contributed by atoms with Crippen molar-refractivity contribution >= 4 is 17.9 Å². The summed E-state index contributed by atoms with van der Waals surface area (Å²) in [5, 5.41) is 8.64. The molecule has 5 nitrogen and oxygen atoms in total. The first kappa shape index (κ1) is 22.9. The van der Waals surface area contributed by atoms with Crippen LogP contribution in [0.4, 0.5) is 0 Å². The fraction of sp³-hybridized carbons (Fsp3) is 0.321. The number of piperidine rings is 1. The van der Waals surface area contributed by atoms with Crippen molar-refractivity contribution < 1.29 is 4.79 Å². The van der Waals surface area contributed by atoms with Crippen molar-refractivity contribution in [3.63, 3.8) is 0 Å². The van der Waals surface area contributed by atoms with Gasteiger partial charge in [-0.15, -0.1) is 5.10 Å². The highest BCUT2D eigenvalue weighted by Gasteiger charge is 2.26. The van der Waals surface area contributed by atoms with E-state index in [1.54, 1.807) is 0 Å². The molecule has 0 amide bonds. The topological polar surface area (TPSA) is 51.0 Å².